The van der Waals surface area contributed by atoms with Crippen LogP contribution in [0.15, 0.2) is 30.5 Å². The number of carboxylic acid groups (broad SMARTS) is 2. The number of carbonyl (C=O) groups is 5. The summed E-state index contributed by atoms with van der Waals surface area (Å²) < 4.78 is 0. The van der Waals surface area contributed by atoms with E-state index in [1.54, 1.807) is 26.1 Å². The first-order valence-corrected chi connectivity index (χ1v) is 10.6. The third-order valence-corrected chi connectivity index (χ3v) is 5.18. The largest absolute Gasteiger partial charge is 0.481 e. The molecule has 0 aliphatic heterocycles. The van der Waals surface area contributed by atoms with E-state index in [4.69, 9.17) is 10.8 Å². The minimum atomic E-state index is -1.48. The zero-order valence-corrected chi connectivity index (χ0v) is 18.8. The molecule has 3 amide bonds. The average Bonchev–Trinajstić information content (AvgIpc) is 3.18. The van der Waals surface area contributed by atoms with Crippen LogP contribution in [-0.2, 0) is 30.4 Å². The van der Waals surface area contributed by atoms with Gasteiger partial charge in [-0.05, 0) is 17.5 Å². The molecule has 0 spiro atoms. The molecule has 8 N–H and O–H groups in total. The van der Waals surface area contributed by atoms with Crippen molar-refractivity contribution < 1.29 is 34.2 Å². The van der Waals surface area contributed by atoms with Gasteiger partial charge in [-0.3, -0.25) is 19.2 Å². The van der Waals surface area contributed by atoms with Crippen LogP contribution < -0.4 is 21.7 Å². The number of benzene rings is 1. The Morgan fingerprint density at radius 1 is 0.971 bits per heavy atom. The smallest absolute Gasteiger partial charge is 0.326 e. The second-order valence-corrected chi connectivity index (χ2v) is 8.12. The van der Waals surface area contributed by atoms with Crippen LogP contribution in [0.3, 0.4) is 0 Å². The summed E-state index contributed by atoms with van der Waals surface area (Å²) in [5.74, 6) is -5.45. The monoisotopic (exact) mass is 475 g/mol. The highest BCUT2D eigenvalue weighted by Crippen LogP contribution is 2.19. The van der Waals surface area contributed by atoms with Gasteiger partial charge >= 0.3 is 11.9 Å². The molecule has 0 aliphatic rings. The highest BCUT2D eigenvalue weighted by atomic mass is 16.4. The van der Waals surface area contributed by atoms with E-state index in [-0.39, 0.29) is 6.42 Å². The van der Waals surface area contributed by atoms with E-state index in [2.05, 4.69) is 20.9 Å². The minimum Gasteiger partial charge on any atom is -0.481 e. The summed E-state index contributed by atoms with van der Waals surface area (Å²) in [4.78, 5) is 63.4. The molecule has 3 unspecified atom stereocenters. The molecule has 0 bridgehead atoms. The van der Waals surface area contributed by atoms with E-state index in [9.17, 15) is 29.1 Å². The quantitative estimate of drug-likeness (QED) is 0.209. The van der Waals surface area contributed by atoms with Gasteiger partial charge in [-0.1, -0.05) is 32.0 Å². The van der Waals surface area contributed by atoms with Gasteiger partial charge in [-0.15, -0.1) is 0 Å². The van der Waals surface area contributed by atoms with Crippen molar-refractivity contribution in [2.75, 3.05) is 6.54 Å². The van der Waals surface area contributed by atoms with Crippen LogP contribution >= 0.6 is 0 Å². The first kappa shape index (κ1) is 26.3. The minimum absolute atomic E-state index is 0.0172. The number of hydrogen-bond acceptors (Lipinski definition) is 6. The number of carboxylic acids is 2. The van der Waals surface area contributed by atoms with Crippen molar-refractivity contribution in [2.24, 2.45) is 11.7 Å². The molecule has 184 valence electrons. The molecule has 0 saturated heterocycles. The molecule has 34 heavy (non-hydrogen) atoms. The Hall–Kier alpha value is -3.93. The molecule has 12 nitrogen and oxygen atoms in total. The van der Waals surface area contributed by atoms with Gasteiger partial charge in [0.15, 0.2) is 0 Å². The Labute approximate surface area is 195 Å². The molecular formula is C22H29N5O7. The fourth-order valence-corrected chi connectivity index (χ4v) is 3.41. The lowest BCUT2D eigenvalue weighted by molar-refractivity contribution is -0.144. The third kappa shape index (κ3) is 7.04. The van der Waals surface area contributed by atoms with Gasteiger partial charge in [0.1, 0.15) is 18.1 Å². The lowest BCUT2D eigenvalue weighted by atomic mass is 10.0. The van der Waals surface area contributed by atoms with E-state index in [0.29, 0.717) is 5.56 Å². The fourth-order valence-electron chi connectivity index (χ4n) is 3.41. The van der Waals surface area contributed by atoms with E-state index >= 15 is 0 Å². The van der Waals surface area contributed by atoms with Crippen LogP contribution in [0, 0.1) is 5.92 Å². The van der Waals surface area contributed by atoms with Crippen LogP contribution in [0.1, 0.15) is 25.8 Å². The highest BCUT2D eigenvalue weighted by molar-refractivity contribution is 5.95. The van der Waals surface area contributed by atoms with Crippen LogP contribution in [0.2, 0.25) is 0 Å². The summed E-state index contributed by atoms with van der Waals surface area (Å²) in [6, 6.07) is 3.34. The van der Waals surface area contributed by atoms with Crippen LogP contribution in [-0.4, -0.2) is 69.5 Å². The summed E-state index contributed by atoms with van der Waals surface area (Å²) in [6.45, 7) is 2.78. The fraction of sp³-hybridized carbons (Fsp3) is 0.409. The van der Waals surface area contributed by atoms with Crippen LogP contribution in [0.4, 0.5) is 0 Å². The lowest BCUT2D eigenvalue weighted by Crippen LogP contribution is -2.57. The number of aliphatic carboxylic acids is 2. The van der Waals surface area contributed by atoms with Crippen LogP contribution in [0.5, 0.6) is 0 Å². The number of rotatable bonds is 12. The summed E-state index contributed by atoms with van der Waals surface area (Å²) in [5, 5.41) is 26.5. The topological polar surface area (TPSA) is 204 Å². The first-order chi connectivity index (χ1) is 16.0. The van der Waals surface area contributed by atoms with Crippen molar-refractivity contribution in [3.05, 3.63) is 36.0 Å². The van der Waals surface area contributed by atoms with Gasteiger partial charge in [-0.2, -0.15) is 0 Å². The summed E-state index contributed by atoms with van der Waals surface area (Å²) in [6.07, 6.45) is 0.915. The van der Waals surface area contributed by atoms with E-state index < -0.39 is 66.7 Å². The van der Waals surface area contributed by atoms with Gasteiger partial charge in [-0.25, -0.2) is 4.79 Å². The number of carbonyl (C=O) groups excluding carboxylic acids is 3. The number of nitrogens with two attached hydrogens (primary N) is 1. The van der Waals surface area contributed by atoms with Crippen molar-refractivity contribution in [3.63, 3.8) is 0 Å². The lowest BCUT2D eigenvalue weighted by Gasteiger charge is -2.25. The van der Waals surface area contributed by atoms with Gasteiger partial charge in [0, 0.05) is 23.5 Å². The number of nitrogens with one attached hydrogen (secondary N) is 4. The number of para-hydroxylation sites is 1. The molecule has 0 fully saturated rings. The van der Waals surface area contributed by atoms with Crippen molar-refractivity contribution in [1.29, 1.82) is 0 Å². The Bertz CT molecular complexity index is 1060. The van der Waals surface area contributed by atoms with Crippen molar-refractivity contribution in [1.82, 2.24) is 20.9 Å². The highest BCUT2D eigenvalue weighted by Gasteiger charge is 2.32. The number of fused-ring (bicyclic) bond motifs is 1. The molecular weight excluding hydrogens is 446 g/mol. The summed E-state index contributed by atoms with van der Waals surface area (Å²) in [7, 11) is 0. The maximum atomic E-state index is 13.1. The predicted molar refractivity (Wildman–Crippen MR) is 122 cm³/mol. The zero-order valence-electron chi connectivity index (χ0n) is 18.8. The van der Waals surface area contributed by atoms with Gasteiger partial charge in [0.25, 0.3) is 0 Å². The van der Waals surface area contributed by atoms with E-state index in [0.717, 1.165) is 10.9 Å². The maximum Gasteiger partial charge on any atom is 0.326 e. The Morgan fingerprint density at radius 3 is 2.21 bits per heavy atom. The van der Waals surface area contributed by atoms with Crippen LogP contribution in [0.25, 0.3) is 10.9 Å². The molecule has 3 atom stereocenters. The van der Waals surface area contributed by atoms with Crippen molar-refractivity contribution in [3.8, 4) is 0 Å². The summed E-state index contributed by atoms with van der Waals surface area (Å²) in [5.41, 5.74) is 6.71. The molecule has 12 heteroatoms. The molecule has 0 radical (unpaired) electrons. The maximum absolute atomic E-state index is 13.1. The Morgan fingerprint density at radius 2 is 1.62 bits per heavy atom. The number of H-pyrrole nitrogens is 1. The number of aromatic amines is 1. The first-order valence-electron chi connectivity index (χ1n) is 10.6. The van der Waals surface area contributed by atoms with Crippen molar-refractivity contribution >= 4 is 40.6 Å². The Kier molecular flexibility index (Phi) is 9.13. The number of amides is 3. The second kappa shape index (κ2) is 11.8. The summed E-state index contributed by atoms with van der Waals surface area (Å²) >= 11 is 0. The molecule has 0 saturated carbocycles. The zero-order chi connectivity index (χ0) is 25.4. The molecule has 1 aromatic carbocycles. The van der Waals surface area contributed by atoms with Gasteiger partial charge < -0.3 is 36.9 Å². The van der Waals surface area contributed by atoms with Crippen molar-refractivity contribution in [2.45, 2.75) is 44.8 Å². The van der Waals surface area contributed by atoms with Gasteiger partial charge in [0.05, 0.1) is 13.0 Å². The average molecular weight is 476 g/mol. The molecule has 2 rings (SSSR count). The van der Waals surface area contributed by atoms with E-state index in [1.165, 1.54) is 0 Å². The number of aromatic nitrogens is 1. The Balaban J connectivity index is 2.33. The molecule has 1 aromatic heterocycles. The van der Waals surface area contributed by atoms with Gasteiger partial charge in [0.2, 0.25) is 17.7 Å². The SMILES string of the molecule is CC(C)C(NC(=O)C(Cc1c[nH]c2ccccc12)NC(=O)C(CC(=O)O)NC(=O)CN)C(=O)O. The predicted octanol–water partition coefficient (Wildman–Crippen LogP) is -0.661. The molecule has 2 aromatic rings. The molecule has 0 aliphatic carbocycles. The van der Waals surface area contributed by atoms with E-state index in [1.807, 2.05) is 18.2 Å². The normalized spacial score (nSPS) is 13.6. The standard InChI is InChI=1S/C22H29N5O7/c1-11(2)19(22(33)34)27-21(32)15(7-12-10-24-14-6-4-3-5-13(12)14)26-20(31)16(8-18(29)30)25-17(28)9-23/h3-6,10-11,15-16,19,24H,7-9,23H2,1-2H3,(H,25,28)(H,26,31)(H,27,32)(H,29,30)(H,33,34). The third-order valence-electron chi connectivity index (χ3n) is 5.18. The molecule has 1 heterocycles. The second-order valence-electron chi connectivity index (χ2n) is 8.12. The number of hydrogen-bond donors (Lipinski definition) is 7.